The van der Waals surface area contributed by atoms with Gasteiger partial charge in [0, 0.05) is 39.9 Å². The van der Waals surface area contributed by atoms with E-state index in [9.17, 15) is 4.79 Å². The van der Waals surface area contributed by atoms with Crippen LogP contribution in [0, 0.1) is 11.8 Å². The Bertz CT molecular complexity index is 763. The molecule has 0 aliphatic carbocycles. The van der Waals surface area contributed by atoms with Crippen LogP contribution >= 0.6 is 0 Å². The molecular formula is C19H29N7O. The van der Waals surface area contributed by atoms with Crippen LogP contribution in [0.25, 0.3) is 0 Å². The summed E-state index contributed by atoms with van der Waals surface area (Å²) in [5, 5.41) is 8.55. The number of anilines is 1. The van der Waals surface area contributed by atoms with Gasteiger partial charge in [-0.1, -0.05) is 19.1 Å². The average molecular weight is 371 g/mol. The lowest BCUT2D eigenvalue weighted by atomic mass is 9.97. The number of aromatic nitrogens is 5. The van der Waals surface area contributed by atoms with E-state index in [1.165, 1.54) is 11.1 Å². The van der Waals surface area contributed by atoms with Gasteiger partial charge in [-0.2, -0.15) is 0 Å². The molecule has 3 rings (SSSR count). The van der Waals surface area contributed by atoms with E-state index < -0.39 is 0 Å². The van der Waals surface area contributed by atoms with Gasteiger partial charge in [0.15, 0.2) is 0 Å². The fourth-order valence-corrected chi connectivity index (χ4v) is 3.39. The minimum absolute atomic E-state index is 0.123. The van der Waals surface area contributed by atoms with Gasteiger partial charge in [-0.3, -0.25) is 14.5 Å². The Hall–Kier alpha value is -2.51. The second-order valence-corrected chi connectivity index (χ2v) is 7.92. The van der Waals surface area contributed by atoms with Gasteiger partial charge >= 0.3 is 0 Å². The summed E-state index contributed by atoms with van der Waals surface area (Å²) >= 11 is 0. The zero-order chi connectivity index (χ0) is 19.4. The summed E-state index contributed by atoms with van der Waals surface area (Å²) in [5.74, 6) is 1.83. The molecule has 0 radical (unpaired) electrons. The second kappa shape index (κ2) is 8.45. The molecule has 1 aliphatic rings. The fourth-order valence-electron chi connectivity index (χ4n) is 3.39. The van der Waals surface area contributed by atoms with Crippen LogP contribution in [-0.2, 0) is 13.0 Å². The lowest BCUT2D eigenvalue weighted by Gasteiger charge is -2.32. The Balaban J connectivity index is 1.55. The Labute approximate surface area is 160 Å². The minimum Gasteiger partial charge on any atom is -0.355 e. The Morgan fingerprint density at radius 3 is 2.67 bits per heavy atom. The number of carbonyl (C=O) groups excluding carboxylic acids is 1. The number of piperidine rings is 1. The quantitative estimate of drug-likeness (QED) is 0.771. The third-order valence-electron chi connectivity index (χ3n) is 4.83. The smallest absolute Gasteiger partial charge is 0.273 e. The van der Waals surface area contributed by atoms with Gasteiger partial charge in [-0.05, 0) is 31.1 Å². The molecule has 2 aromatic rings. The van der Waals surface area contributed by atoms with Crippen LogP contribution in [0.2, 0.25) is 0 Å². The second-order valence-electron chi connectivity index (χ2n) is 7.92. The zero-order valence-electron chi connectivity index (χ0n) is 16.7. The van der Waals surface area contributed by atoms with Gasteiger partial charge in [0.05, 0.1) is 18.1 Å². The van der Waals surface area contributed by atoms with Crippen molar-refractivity contribution in [3.63, 3.8) is 0 Å². The third kappa shape index (κ3) is 5.02. The van der Waals surface area contributed by atoms with E-state index in [4.69, 9.17) is 0 Å². The third-order valence-corrected chi connectivity index (χ3v) is 4.83. The van der Waals surface area contributed by atoms with Crippen molar-refractivity contribution in [3.05, 3.63) is 30.0 Å². The van der Waals surface area contributed by atoms with Gasteiger partial charge in [0.25, 0.3) is 5.91 Å². The van der Waals surface area contributed by atoms with Crippen molar-refractivity contribution in [1.29, 1.82) is 0 Å². The van der Waals surface area contributed by atoms with Crippen LogP contribution in [0.4, 0.5) is 5.82 Å². The van der Waals surface area contributed by atoms with Crippen LogP contribution in [-0.4, -0.2) is 63.0 Å². The van der Waals surface area contributed by atoms with E-state index in [2.05, 4.69) is 45.2 Å². The molecule has 0 saturated carbocycles. The highest BCUT2D eigenvalue weighted by Crippen LogP contribution is 2.23. The van der Waals surface area contributed by atoms with Crippen molar-refractivity contribution in [2.45, 2.75) is 39.7 Å². The monoisotopic (exact) mass is 371 g/mol. The predicted molar refractivity (Wildman–Crippen MR) is 104 cm³/mol. The summed E-state index contributed by atoms with van der Waals surface area (Å²) in [7, 11) is 3.44. The Morgan fingerprint density at radius 2 is 2.00 bits per heavy atom. The van der Waals surface area contributed by atoms with Gasteiger partial charge in [0.1, 0.15) is 11.5 Å². The highest BCUT2D eigenvalue weighted by atomic mass is 16.2. The van der Waals surface area contributed by atoms with E-state index in [1.807, 2.05) is 4.68 Å². The highest BCUT2D eigenvalue weighted by Gasteiger charge is 2.22. The molecule has 1 saturated heterocycles. The fraction of sp³-hybridized carbons (Fsp3) is 0.632. The number of hydrogen-bond acceptors (Lipinski definition) is 6. The van der Waals surface area contributed by atoms with Crippen LogP contribution < -0.4 is 4.90 Å². The summed E-state index contributed by atoms with van der Waals surface area (Å²) in [6, 6.07) is 0. The standard InChI is InChI=1S/C19H29N7O/c1-14(2)9-16-13-26(23-22-16)12-15-5-7-25(8-6-15)18-11-20-10-17(21-18)19(27)24(3)4/h10-11,13-15H,5-9,12H2,1-4H3. The van der Waals surface area contributed by atoms with Gasteiger partial charge in [0.2, 0.25) is 0 Å². The lowest BCUT2D eigenvalue weighted by molar-refractivity contribution is 0.0821. The van der Waals surface area contributed by atoms with Crippen molar-refractivity contribution in [2.75, 3.05) is 32.1 Å². The summed E-state index contributed by atoms with van der Waals surface area (Å²) in [6.07, 6.45) is 8.44. The molecule has 8 heteroatoms. The minimum atomic E-state index is -0.123. The topological polar surface area (TPSA) is 80.0 Å². The molecule has 1 fully saturated rings. The van der Waals surface area contributed by atoms with Crippen molar-refractivity contribution >= 4 is 11.7 Å². The molecule has 0 aromatic carbocycles. The lowest BCUT2D eigenvalue weighted by Crippen LogP contribution is -2.36. The van der Waals surface area contributed by atoms with Gasteiger partial charge < -0.3 is 9.80 Å². The van der Waals surface area contributed by atoms with Crippen LogP contribution in [0.1, 0.15) is 42.9 Å². The maximum absolute atomic E-state index is 12.1. The number of hydrogen-bond donors (Lipinski definition) is 0. The average Bonchev–Trinajstić information content (AvgIpc) is 3.07. The summed E-state index contributed by atoms with van der Waals surface area (Å²) in [6.45, 7) is 7.11. The van der Waals surface area contributed by atoms with Gasteiger partial charge in [-0.25, -0.2) is 4.98 Å². The van der Waals surface area contributed by atoms with Crippen molar-refractivity contribution in [2.24, 2.45) is 11.8 Å². The first-order valence-corrected chi connectivity index (χ1v) is 9.60. The SMILES string of the molecule is CC(C)Cc1cn(CC2CCN(c3cncc(C(=O)N(C)C)n3)CC2)nn1. The number of nitrogens with zero attached hydrogens (tertiary/aromatic N) is 7. The molecule has 27 heavy (non-hydrogen) atoms. The van der Waals surface area contributed by atoms with E-state index in [0.717, 1.165) is 50.4 Å². The van der Waals surface area contributed by atoms with E-state index >= 15 is 0 Å². The van der Waals surface area contributed by atoms with E-state index in [-0.39, 0.29) is 5.91 Å². The molecule has 0 atom stereocenters. The Morgan fingerprint density at radius 1 is 1.26 bits per heavy atom. The van der Waals surface area contributed by atoms with E-state index in [1.54, 1.807) is 20.3 Å². The number of amides is 1. The molecule has 0 spiro atoms. The highest BCUT2D eigenvalue weighted by molar-refractivity contribution is 5.91. The molecule has 8 nitrogen and oxygen atoms in total. The molecule has 146 valence electrons. The number of rotatable bonds is 6. The first-order valence-electron chi connectivity index (χ1n) is 9.60. The van der Waals surface area contributed by atoms with Crippen molar-refractivity contribution in [3.8, 4) is 0 Å². The normalized spacial score (nSPS) is 15.4. The largest absolute Gasteiger partial charge is 0.355 e. The van der Waals surface area contributed by atoms with Crippen LogP contribution in [0.3, 0.4) is 0 Å². The first kappa shape index (κ1) is 19.3. The molecule has 0 bridgehead atoms. The summed E-state index contributed by atoms with van der Waals surface area (Å²) in [4.78, 5) is 24.5. The number of carbonyl (C=O) groups is 1. The summed E-state index contributed by atoms with van der Waals surface area (Å²) < 4.78 is 1.98. The molecule has 3 heterocycles. The first-order chi connectivity index (χ1) is 12.9. The summed E-state index contributed by atoms with van der Waals surface area (Å²) in [5.41, 5.74) is 1.46. The molecule has 2 aromatic heterocycles. The molecular weight excluding hydrogens is 342 g/mol. The molecule has 1 amide bonds. The maximum atomic E-state index is 12.1. The van der Waals surface area contributed by atoms with Crippen molar-refractivity contribution in [1.82, 2.24) is 29.9 Å². The van der Waals surface area contributed by atoms with Gasteiger partial charge in [-0.15, -0.1) is 5.10 Å². The molecule has 0 unspecified atom stereocenters. The van der Waals surface area contributed by atoms with E-state index in [0.29, 0.717) is 17.5 Å². The molecule has 0 N–H and O–H groups in total. The Kier molecular flexibility index (Phi) is 6.03. The van der Waals surface area contributed by atoms with Crippen molar-refractivity contribution < 1.29 is 4.79 Å². The van der Waals surface area contributed by atoms with Crippen LogP contribution in [0.15, 0.2) is 18.6 Å². The molecule has 1 aliphatic heterocycles. The zero-order valence-corrected chi connectivity index (χ0v) is 16.7. The predicted octanol–water partition coefficient (Wildman–Crippen LogP) is 1.89. The van der Waals surface area contributed by atoms with Crippen LogP contribution in [0.5, 0.6) is 0 Å². The maximum Gasteiger partial charge on any atom is 0.273 e.